The van der Waals surface area contributed by atoms with Crippen LogP contribution in [0.15, 0.2) is 64.2 Å². The molecule has 0 saturated heterocycles. The van der Waals surface area contributed by atoms with Crippen LogP contribution in [0.3, 0.4) is 0 Å². The molecule has 0 fully saturated rings. The first kappa shape index (κ1) is 26.9. The lowest BCUT2D eigenvalue weighted by Crippen LogP contribution is -2.32. The largest absolute Gasteiger partial charge is 0.483 e. The van der Waals surface area contributed by atoms with Crippen LogP contribution in [0.4, 0.5) is 11.4 Å². The molecule has 36 heavy (non-hydrogen) atoms. The molecule has 3 aromatic rings. The molecule has 3 N–H and O–H groups in total. The Morgan fingerprint density at radius 2 is 1.67 bits per heavy atom. The van der Waals surface area contributed by atoms with Crippen LogP contribution in [-0.4, -0.2) is 30.5 Å². The van der Waals surface area contributed by atoms with E-state index in [-0.39, 0.29) is 12.5 Å². The van der Waals surface area contributed by atoms with E-state index in [1.165, 1.54) is 6.21 Å². The van der Waals surface area contributed by atoms with Crippen LogP contribution >= 0.6 is 27.5 Å². The van der Waals surface area contributed by atoms with Gasteiger partial charge in [0.25, 0.3) is 5.91 Å². The molecule has 8 nitrogen and oxygen atoms in total. The molecule has 186 valence electrons. The monoisotopic (exact) mass is 570 g/mol. The van der Waals surface area contributed by atoms with Gasteiger partial charge in [0.15, 0.2) is 6.61 Å². The van der Waals surface area contributed by atoms with E-state index < -0.39 is 11.8 Å². The number of anilines is 2. The standard InChI is InChI=1S/C26H24BrClN4O4/c1-15-5-4-6-16(2)24(15)31-25(34)26(35)32-29-13-18-12-20(28)8-10-22(18)36-14-23(33)30-21-9-7-19(27)11-17(21)3/h4-13H,14H2,1-3H3,(H,30,33)(H,31,34)(H,32,35)/b29-13-. The number of nitrogens with zero attached hydrogens (tertiary/aromatic N) is 1. The molecule has 0 heterocycles. The predicted octanol–water partition coefficient (Wildman–Crippen LogP) is 5.13. The summed E-state index contributed by atoms with van der Waals surface area (Å²) < 4.78 is 6.55. The average molecular weight is 572 g/mol. The van der Waals surface area contributed by atoms with Crippen LogP contribution in [0.2, 0.25) is 5.02 Å². The number of para-hydroxylation sites is 1. The van der Waals surface area contributed by atoms with Crippen molar-refractivity contribution in [3.8, 4) is 5.75 Å². The number of benzene rings is 3. The molecular formula is C26H24BrClN4O4. The van der Waals surface area contributed by atoms with E-state index in [2.05, 4.69) is 37.1 Å². The maximum atomic E-state index is 12.4. The number of aryl methyl sites for hydroxylation is 3. The minimum atomic E-state index is -0.942. The van der Waals surface area contributed by atoms with Crippen LogP contribution in [-0.2, 0) is 14.4 Å². The van der Waals surface area contributed by atoms with Crippen molar-refractivity contribution in [2.75, 3.05) is 17.2 Å². The first-order chi connectivity index (χ1) is 17.1. The van der Waals surface area contributed by atoms with Crippen molar-refractivity contribution in [1.29, 1.82) is 0 Å². The molecule has 0 aliphatic heterocycles. The summed E-state index contributed by atoms with van der Waals surface area (Å²) in [6.07, 6.45) is 1.28. The summed E-state index contributed by atoms with van der Waals surface area (Å²) in [7, 11) is 0. The lowest BCUT2D eigenvalue weighted by atomic mass is 10.1. The van der Waals surface area contributed by atoms with Crippen molar-refractivity contribution in [3.05, 3.63) is 86.3 Å². The summed E-state index contributed by atoms with van der Waals surface area (Å²) in [5, 5.41) is 9.62. The fourth-order valence-electron chi connectivity index (χ4n) is 3.24. The van der Waals surface area contributed by atoms with E-state index in [1.807, 2.05) is 51.1 Å². The highest BCUT2D eigenvalue weighted by Crippen LogP contribution is 2.23. The molecule has 0 atom stereocenters. The Bertz CT molecular complexity index is 1320. The highest BCUT2D eigenvalue weighted by atomic mass is 79.9. The first-order valence-corrected chi connectivity index (χ1v) is 12.0. The molecule has 3 aromatic carbocycles. The topological polar surface area (TPSA) is 109 Å². The second-order valence-electron chi connectivity index (χ2n) is 7.90. The number of hydrazone groups is 1. The van der Waals surface area contributed by atoms with Crippen molar-refractivity contribution in [2.45, 2.75) is 20.8 Å². The number of ether oxygens (including phenoxy) is 1. The maximum absolute atomic E-state index is 12.4. The number of hydrogen-bond donors (Lipinski definition) is 3. The number of hydrogen-bond acceptors (Lipinski definition) is 5. The van der Waals surface area contributed by atoms with Crippen LogP contribution in [0, 0.1) is 20.8 Å². The third kappa shape index (κ3) is 7.40. The third-order valence-corrected chi connectivity index (χ3v) is 5.82. The fourth-order valence-corrected chi connectivity index (χ4v) is 3.90. The summed E-state index contributed by atoms with van der Waals surface area (Å²) >= 11 is 9.46. The molecule has 0 saturated carbocycles. The Morgan fingerprint density at radius 1 is 0.944 bits per heavy atom. The summed E-state index contributed by atoms with van der Waals surface area (Å²) in [4.78, 5) is 36.8. The summed E-state index contributed by atoms with van der Waals surface area (Å²) in [6, 6.07) is 15.8. The van der Waals surface area contributed by atoms with Crippen LogP contribution < -0.4 is 20.8 Å². The van der Waals surface area contributed by atoms with Crippen molar-refractivity contribution in [1.82, 2.24) is 5.43 Å². The molecule has 10 heteroatoms. The summed E-state index contributed by atoms with van der Waals surface area (Å²) in [5.41, 5.74) is 6.40. The van der Waals surface area contributed by atoms with E-state index in [0.29, 0.717) is 27.7 Å². The number of carbonyl (C=O) groups is 3. The quantitative estimate of drug-likeness (QED) is 0.207. The normalized spacial score (nSPS) is 10.7. The molecule has 0 spiro atoms. The number of nitrogens with one attached hydrogen (secondary N) is 3. The highest BCUT2D eigenvalue weighted by molar-refractivity contribution is 9.10. The minimum Gasteiger partial charge on any atom is -0.483 e. The average Bonchev–Trinajstić information content (AvgIpc) is 2.82. The molecule has 0 unspecified atom stereocenters. The van der Waals surface area contributed by atoms with Gasteiger partial charge in [-0.1, -0.05) is 45.7 Å². The zero-order valence-corrected chi connectivity index (χ0v) is 22.2. The second-order valence-corrected chi connectivity index (χ2v) is 9.25. The van der Waals surface area contributed by atoms with E-state index in [9.17, 15) is 14.4 Å². The number of rotatable bonds is 7. The first-order valence-electron chi connectivity index (χ1n) is 10.8. The number of amides is 3. The Labute approximate surface area is 222 Å². The highest BCUT2D eigenvalue weighted by Gasteiger charge is 2.15. The van der Waals surface area contributed by atoms with Crippen molar-refractivity contribution >= 4 is 62.8 Å². The smallest absolute Gasteiger partial charge is 0.329 e. The minimum absolute atomic E-state index is 0.261. The number of halogens is 2. The molecular weight excluding hydrogens is 548 g/mol. The van der Waals surface area contributed by atoms with Crippen molar-refractivity contribution in [2.24, 2.45) is 5.10 Å². The van der Waals surface area contributed by atoms with Gasteiger partial charge in [-0.25, -0.2) is 5.43 Å². The van der Waals surface area contributed by atoms with Gasteiger partial charge >= 0.3 is 11.8 Å². The van der Waals surface area contributed by atoms with Gasteiger partial charge in [-0.05, 0) is 73.9 Å². The van der Waals surface area contributed by atoms with E-state index in [1.54, 1.807) is 24.3 Å². The van der Waals surface area contributed by atoms with E-state index >= 15 is 0 Å². The summed E-state index contributed by atoms with van der Waals surface area (Å²) in [5.74, 6) is -1.83. The van der Waals surface area contributed by atoms with E-state index in [4.69, 9.17) is 16.3 Å². The fraction of sp³-hybridized carbons (Fsp3) is 0.154. The predicted molar refractivity (Wildman–Crippen MR) is 145 cm³/mol. The van der Waals surface area contributed by atoms with Crippen LogP contribution in [0.25, 0.3) is 0 Å². The Balaban J connectivity index is 1.60. The molecule has 0 aromatic heterocycles. The Kier molecular flexibility index (Phi) is 9.21. The maximum Gasteiger partial charge on any atom is 0.329 e. The lowest BCUT2D eigenvalue weighted by molar-refractivity contribution is -0.136. The Morgan fingerprint density at radius 3 is 2.36 bits per heavy atom. The zero-order chi connectivity index (χ0) is 26.2. The van der Waals surface area contributed by atoms with Gasteiger partial charge in [-0.3, -0.25) is 14.4 Å². The SMILES string of the molecule is Cc1cc(Br)ccc1NC(=O)COc1ccc(Cl)cc1/C=N\NC(=O)C(=O)Nc1c(C)cccc1C. The van der Waals surface area contributed by atoms with Gasteiger partial charge in [0.05, 0.1) is 6.21 Å². The summed E-state index contributed by atoms with van der Waals surface area (Å²) in [6.45, 7) is 5.29. The molecule has 0 aliphatic rings. The van der Waals surface area contributed by atoms with Crippen molar-refractivity contribution < 1.29 is 19.1 Å². The van der Waals surface area contributed by atoms with Gasteiger partial charge < -0.3 is 15.4 Å². The van der Waals surface area contributed by atoms with Gasteiger partial charge in [0.2, 0.25) is 0 Å². The van der Waals surface area contributed by atoms with Gasteiger partial charge in [0, 0.05) is 26.4 Å². The van der Waals surface area contributed by atoms with Gasteiger partial charge in [-0.15, -0.1) is 0 Å². The van der Waals surface area contributed by atoms with Crippen LogP contribution in [0.1, 0.15) is 22.3 Å². The molecule has 0 radical (unpaired) electrons. The van der Waals surface area contributed by atoms with E-state index in [0.717, 1.165) is 21.2 Å². The van der Waals surface area contributed by atoms with Crippen molar-refractivity contribution in [3.63, 3.8) is 0 Å². The second kappa shape index (κ2) is 12.3. The third-order valence-electron chi connectivity index (χ3n) is 5.09. The zero-order valence-electron chi connectivity index (χ0n) is 19.8. The van der Waals surface area contributed by atoms with Crippen LogP contribution in [0.5, 0.6) is 5.75 Å². The molecule has 0 bridgehead atoms. The molecule has 3 amide bonds. The molecule has 0 aliphatic carbocycles. The van der Waals surface area contributed by atoms with Gasteiger partial charge in [0.1, 0.15) is 5.75 Å². The molecule has 3 rings (SSSR count). The lowest BCUT2D eigenvalue weighted by Gasteiger charge is -2.12. The number of carbonyl (C=O) groups excluding carboxylic acids is 3. The Hall–Kier alpha value is -3.69. The van der Waals surface area contributed by atoms with Gasteiger partial charge in [-0.2, -0.15) is 5.10 Å².